The highest BCUT2D eigenvalue weighted by Crippen LogP contribution is 2.31. The Balaban J connectivity index is 1.47. The molecule has 1 aliphatic heterocycles. The van der Waals surface area contributed by atoms with Gasteiger partial charge in [0.25, 0.3) is 0 Å². The Morgan fingerprint density at radius 2 is 2.07 bits per heavy atom. The highest BCUT2D eigenvalue weighted by atomic mass is 19.1. The summed E-state index contributed by atoms with van der Waals surface area (Å²) >= 11 is 0. The van der Waals surface area contributed by atoms with Gasteiger partial charge in [0.05, 0.1) is 13.7 Å². The lowest BCUT2D eigenvalue weighted by atomic mass is 10.00. The number of methoxy groups -OCH3 is 1. The van der Waals surface area contributed by atoms with Gasteiger partial charge in [0.15, 0.2) is 5.65 Å². The van der Waals surface area contributed by atoms with E-state index in [2.05, 4.69) is 20.2 Å². The van der Waals surface area contributed by atoms with Crippen LogP contribution in [0.1, 0.15) is 17.0 Å². The van der Waals surface area contributed by atoms with E-state index in [1.807, 2.05) is 10.5 Å². The number of aryl methyl sites for hydroxylation is 1. The first kappa shape index (κ1) is 17.5. The van der Waals surface area contributed by atoms with Crippen LogP contribution in [0.4, 0.5) is 4.39 Å². The molecule has 7 nitrogen and oxygen atoms in total. The maximum atomic E-state index is 14.4. The molecule has 0 fully saturated rings. The maximum Gasteiger partial charge on any atom is 0.212 e. The van der Waals surface area contributed by atoms with Crippen LogP contribution >= 0.6 is 0 Å². The number of hydrogen-bond acceptors (Lipinski definition) is 6. The molecule has 0 bridgehead atoms. The van der Waals surface area contributed by atoms with Crippen molar-refractivity contribution in [3.8, 4) is 22.8 Å². The van der Waals surface area contributed by atoms with Crippen LogP contribution < -0.4 is 9.47 Å². The number of hydrogen-bond donors (Lipinski definition) is 0. The van der Waals surface area contributed by atoms with E-state index < -0.39 is 0 Å². The predicted molar refractivity (Wildman–Crippen MR) is 104 cm³/mol. The summed E-state index contributed by atoms with van der Waals surface area (Å²) in [5, 5.41) is 8.29. The lowest BCUT2D eigenvalue weighted by Gasteiger charge is -2.11. The van der Waals surface area contributed by atoms with Crippen molar-refractivity contribution in [1.29, 1.82) is 0 Å². The van der Waals surface area contributed by atoms with Crippen LogP contribution in [0, 0.1) is 5.82 Å². The fraction of sp³-hybridized carbons (Fsp3) is 0.238. The Morgan fingerprint density at radius 3 is 2.90 bits per heavy atom. The fourth-order valence-electron chi connectivity index (χ4n) is 3.74. The minimum Gasteiger partial charge on any atom is -0.493 e. The third-order valence-corrected chi connectivity index (χ3v) is 5.21. The Labute approximate surface area is 166 Å². The fourth-order valence-corrected chi connectivity index (χ4v) is 3.74. The van der Waals surface area contributed by atoms with Crippen LogP contribution in [0.3, 0.4) is 0 Å². The van der Waals surface area contributed by atoms with E-state index >= 15 is 0 Å². The van der Waals surface area contributed by atoms with Gasteiger partial charge in [-0.05, 0) is 30.2 Å². The van der Waals surface area contributed by atoms with Crippen molar-refractivity contribution in [2.75, 3.05) is 13.7 Å². The van der Waals surface area contributed by atoms with E-state index in [1.165, 1.54) is 6.07 Å². The number of nitrogens with zero attached hydrogens (tertiary/aromatic N) is 5. The molecule has 0 unspecified atom stereocenters. The van der Waals surface area contributed by atoms with E-state index in [-0.39, 0.29) is 5.82 Å². The molecule has 1 aliphatic rings. The van der Waals surface area contributed by atoms with Crippen molar-refractivity contribution in [3.63, 3.8) is 0 Å². The molecular formula is C21H18FN5O2. The molecule has 0 aliphatic carbocycles. The summed E-state index contributed by atoms with van der Waals surface area (Å²) in [4.78, 5) is 8.85. The van der Waals surface area contributed by atoms with E-state index in [1.54, 1.807) is 38.0 Å². The van der Waals surface area contributed by atoms with E-state index in [9.17, 15) is 4.39 Å². The number of pyridine rings is 1. The minimum atomic E-state index is -0.199. The molecule has 5 rings (SSSR count). The third-order valence-electron chi connectivity index (χ3n) is 5.21. The molecule has 146 valence electrons. The molecule has 0 radical (unpaired) electrons. The lowest BCUT2D eigenvalue weighted by Crippen LogP contribution is -2.06. The average molecular weight is 391 g/mol. The normalized spacial score (nSPS) is 12.8. The Hall–Kier alpha value is -3.55. The minimum absolute atomic E-state index is 0.199. The number of fused-ring (bicyclic) bond motifs is 2. The molecule has 29 heavy (non-hydrogen) atoms. The van der Waals surface area contributed by atoms with Crippen LogP contribution in [0.2, 0.25) is 0 Å². The topological polar surface area (TPSA) is 74.4 Å². The zero-order valence-electron chi connectivity index (χ0n) is 15.8. The second-order valence-corrected chi connectivity index (χ2v) is 6.80. The molecule has 0 spiro atoms. The summed E-state index contributed by atoms with van der Waals surface area (Å²) in [7, 11) is 1.58. The van der Waals surface area contributed by atoms with Crippen LogP contribution in [0.5, 0.6) is 11.6 Å². The first-order valence-corrected chi connectivity index (χ1v) is 9.35. The summed E-state index contributed by atoms with van der Waals surface area (Å²) in [6.45, 7) is 0.602. The van der Waals surface area contributed by atoms with E-state index in [0.717, 1.165) is 34.7 Å². The summed E-state index contributed by atoms with van der Waals surface area (Å²) in [5.74, 6) is 1.89. The molecule has 0 saturated heterocycles. The predicted octanol–water partition coefficient (Wildman–Crippen LogP) is 3.05. The molecule has 0 amide bonds. The number of rotatable bonds is 5. The van der Waals surface area contributed by atoms with Gasteiger partial charge < -0.3 is 9.47 Å². The van der Waals surface area contributed by atoms with E-state index in [4.69, 9.17) is 9.47 Å². The van der Waals surface area contributed by atoms with Crippen molar-refractivity contribution in [2.45, 2.75) is 19.3 Å². The van der Waals surface area contributed by atoms with Gasteiger partial charge in [0.2, 0.25) is 5.88 Å². The monoisotopic (exact) mass is 391 g/mol. The number of halogens is 1. The Morgan fingerprint density at radius 1 is 1.14 bits per heavy atom. The molecule has 1 aromatic carbocycles. The molecule has 0 atom stereocenters. The highest BCUT2D eigenvalue weighted by molar-refractivity contribution is 5.76. The van der Waals surface area contributed by atoms with Crippen LogP contribution in [0.25, 0.3) is 16.8 Å². The largest absolute Gasteiger partial charge is 0.493 e. The number of benzene rings is 1. The van der Waals surface area contributed by atoms with Gasteiger partial charge in [-0.1, -0.05) is 0 Å². The van der Waals surface area contributed by atoms with Gasteiger partial charge in [-0.25, -0.2) is 14.4 Å². The lowest BCUT2D eigenvalue weighted by molar-refractivity contribution is 0.356. The molecule has 4 heterocycles. The summed E-state index contributed by atoms with van der Waals surface area (Å²) in [6, 6.07) is 6.87. The van der Waals surface area contributed by atoms with E-state index in [0.29, 0.717) is 36.5 Å². The number of ether oxygens (including phenoxy) is 2. The molecule has 0 saturated carbocycles. The molecule has 3 aromatic heterocycles. The van der Waals surface area contributed by atoms with Crippen molar-refractivity contribution in [3.05, 3.63) is 65.8 Å². The smallest absolute Gasteiger partial charge is 0.212 e. The Kier molecular flexibility index (Phi) is 4.31. The van der Waals surface area contributed by atoms with Crippen LogP contribution in [-0.4, -0.2) is 38.3 Å². The summed E-state index contributed by atoms with van der Waals surface area (Å²) in [5.41, 5.74) is 4.04. The summed E-state index contributed by atoms with van der Waals surface area (Å²) in [6.07, 6.45) is 6.93. The third kappa shape index (κ3) is 3.06. The van der Waals surface area contributed by atoms with Crippen LogP contribution in [-0.2, 0) is 19.3 Å². The van der Waals surface area contributed by atoms with Gasteiger partial charge >= 0.3 is 0 Å². The van der Waals surface area contributed by atoms with Gasteiger partial charge in [0, 0.05) is 48.0 Å². The highest BCUT2D eigenvalue weighted by Gasteiger charge is 2.20. The zero-order valence-corrected chi connectivity index (χ0v) is 15.8. The maximum absolute atomic E-state index is 14.4. The van der Waals surface area contributed by atoms with Crippen molar-refractivity contribution in [1.82, 2.24) is 24.6 Å². The molecule has 0 N–H and O–H groups in total. The standard InChI is InChI=1S/C21H18FN5O2/c1-28-20-7-2-13(10-24-20)16-11-23-19(27-12-25-26-21(16)27)6-3-14-15-8-9-29-18(15)5-4-17(14)22/h2,4-5,7,10-12H,3,6,8-9H2,1H3. The van der Waals surface area contributed by atoms with Crippen molar-refractivity contribution in [2.24, 2.45) is 0 Å². The Bertz CT molecular complexity index is 1190. The molecule has 8 heteroatoms. The van der Waals surface area contributed by atoms with Crippen LogP contribution in [0.15, 0.2) is 43.0 Å². The van der Waals surface area contributed by atoms with Crippen molar-refractivity contribution >= 4 is 5.65 Å². The van der Waals surface area contributed by atoms with Crippen molar-refractivity contribution < 1.29 is 13.9 Å². The van der Waals surface area contributed by atoms with Gasteiger partial charge in [0.1, 0.15) is 23.7 Å². The second kappa shape index (κ2) is 7.12. The molecular weight excluding hydrogens is 373 g/mol. The SMILES string of the molecule is COc1ccc(-c2cnc(CCc3c(F)ccc4c3CCO4)n3cnnc23)cn1. The average Bonchev–Trinajstić information content (AvgIpc) is 3.43. The van der Waals surface area contributed by atoms with Gasteiger partial charge in [-0.15, -0.1) is 10.2 Å². The number of aromatic nitrogens is 5. The second-order valence-electron chi connectivity index (χ2n) is 6.80. The quantitative estimate of drug-likeness (QED) is 0.521. The molecule has 4 aromatic rings. The summed E-state index contributed by atoms with van der Waals surface area (Å²) < 4.78 is 26.9. The first-order chi connectivity index (χ1) is 14.2. The van der Waals surface area contributed by atoms with Gasteiger partial charge in [-0.2, -0.15) is 0 Å². The first-order valence-electron chi connectivity index (χ1n) is 9.35. The zero-order chi connectivity index (χ0) is 19.8. The van der Waals surface area contributed by atoms with Gasteiger partial charge in [-0.3, -0.25) is 4.40 Å².